The van der Waals surface area contributed by atoms with Crippen molar-refractivity contribution in [1.82, 2.24) is 10.6 Å². The van der Waals surface area contributed by atoms with Crippen molar-refractivity contribution in [3.05, 3.63) is 111 Å². The van der Waals surface area contributed by atoms with Crippen molar-refractivity contribution in [2.24, 2.45) is 4.99 Å². The van der Waals surface area contributed by atoms with Gasteiger partial charge in [0.15, 0.2) is 0 Å². The van der Waals surface area contributed by atoms with Crippen molar-refractivity contribution in [2.45, 2.75) is 6.54 Å². The zero-order valence-corrected chi connectivity index (χ0v) is 18.6. The van der Waals surface area contributed by atoms with E-state index in [9.17, 15) is 14.9 Å². The van der Waals surface area contributed by atoms with Crippen molar-refractivity contribution in [2.75, 3.05) is 0 Å². The number of nitrogens with one attached hydrogen (secondary N) is 2. The monoisotopic (exact) mass is 474 g/mol. The van der Waals surface area contributed by atoms with E-state index < -0.39 is 11.8 Å². The summed E-state index contributed by atoms with van der Waals surface area (Å²) >= 11 is 12.1. The summed E-state index contributed by atoms with van der Waals surface area (Å²) in [5, 5.41) is 15.8. The van der Waals surface area contributed by atoms with Gasteiger partial charge >= 0.3 is 0 Å². The molecule has 0 aromatic heterocycles. The molecule has 1 aliphatic rings. The number of rotatable bonds is 4. The van der Waals surface area contributed by atoms with E-state index in [1.165, 1.54) is 12.1 Å². The number of carbonyl (C=O) groups excluding carboxylic acids is 2. The number of amides is 2. The lowest BCUT2D eigenvalue weighted by atomic mass is 10.0. The zero-order chi connectivity index (χ0) is 23.4. The SMILES string of the molecule is N#CC(C(=O)NCc1ccccc1)=C1N=C(NC(=O)c2ccc(Cl)cc2Cl)c2ccccc21. The van der Waals surface area contributed by atoms with E-state index in [-0.39, 0.29) is 34.2 Å². The second-order valence-corrected chi connectivity index (χ2v) is 7.93. The maximum Gasteiger partial charge on any atom is 0.264 e. The molecule has 3 aromatic carbocycles. The van der Waals surface area contributed by atoms with Crippen LogP contribution in [-0.2, 0) is 11.3 Å². The Morgan fingerprint density at radius 1 is 0.939 bits per heavy atom. The molecule has 6 nitrogen and oxygen atoms in total. The molecule has 0 aliphatic carbocycles. The van der Waals surface area contributed by atoms with Gasteiger partial charge in [-0.3, -0.25) is 9.59 Å². The van der Waals surface area contributed by atoms with Gasteiger partial charge in [-0.25, -0.2) is 4.99 Å². The van der Waals surface area contributed by atoms with Gasteiger partial charge in [0.2, 0.25) is 0 Å². The van der Waals surface area contributed by atoms with E-state index in [1.54, 1.807) is 30.3 Å². The molecular weight excluding hydrogens is 459 g/mol. The van der Waals surface area contributed by atoms with Crippen LogP contribution in [0.15, 0.2) is 83.4 Å². The third-order valence-electron chi connectivity index (χ3n) is 4.94. The smallest absolute Gasteiger partial charge is 0.264 e. The van der Waals surface area contributed by atoms with E-state index in [0.29, 0.717) is 16.1 Å². The Hall–Kier alpha value is -3.92. The van der Waals surface area contributed by atoms with Crippen LogP contribution >= 0.6 is 23.2 Å². The molecule has 1 heterocycles. The Labute approximate surface area is 200 Å². The number of benzene rings is 3. The fourth-order valence-electron chi connectivity index (χ4n) is 3.34. The van der Waals surface area contributed by atoms with Gasteiger partial charge in [0.05, 0.1) is 16.3 Å². The third-order valence-corrected chi connectivity index (χ3v) is 5.49. The van der Waals surface area contributed by atoms with E-state index in [4.69, 9.17) is 23.2 Å². The largest absolute Gasteiger partial charge is 0.347 e. The summed E-state index contributed by atoms with van der Waals surface area (Å²) in [4.78, 5) is 30.0. The zero-order valence-electron chi connectivity index (χ0n) is 17.1. The molecule has 3 aromatic rings. The minimum Gasteiger partial charge on any atom is -0.347 e. The van der Waals surface area contributed by atoms with Gasteiger partial charge in [-0.1, -0.05) is 77.8 Å². The minimum absolute atomic E-state index is 0.146. The second kappa shape index (κ2) is 9.70. The Balaban J connectivity index is 1.64. The molecule has 2 amide bonds. The lowest BCUT2D eigenvalue weighted by Crippen LogP contribution is -2.30. The van der Waals surface area contributed by atoms with E-state index >= 15 is 0 Å². The van der Waals surface area contributed by atoms with E-state index in [0.717, 1.165) is 5.56 Å². The molecule has 0 saturated carbocycles. The van der Waals surface area contributed by atoms with Gasteiger partial charge in [-0.05, 0) is 23.8 Å². The maximum atomic E-state index is 12.8. The van der Waals surface area contributed by atoms with Crippen molar-refractivity contribution in [3.63, 3.8) is 0 Å². The minimum atomic E-state index is -0.553. The highest BCUT2D eigenvalue weighted by Crippen LogP contribution is 2.31. The molecule has 0 fully saturated rings. The summed E-state index contributed by atoms with van der Waals surface area (Å²) in [6, 6.07) is 22.9. The van der Waals surface area contributed by atoms with Gasteiger partial charge in [-0.15, -0.1) is 0 Å². The first-order valence-electron chi connectivity index (χ1n) is 9.89. The first-order valence-corrected chi connectivity index (χ1v) is 10.6. The second-order valence-electron chi connectivity index (χ2n) is 7.09. The molecule has 1 aliphatic heterocycles. The van der Waals surface area contributed by atoms with Crippen LogP contribution in [0.1, 0.15) is 27.0 Å². The summed E-state index contributed by atoms with van der Waals surface area (Å²) in [6.07, 6.45) is 0. The highest BCUT2D eigenvalue weighted by atomic mass is 35.5. The van der Waals surface area contributed by atoms with E-state index in [2.05, 4.69) is 15.6 Å². The topological polar surface area (TPSA) is 94.3 Å². The number of carbonyl (C=O) groups is 2. The van der Waals surface area contributed by atoms with Crippen molar-refractivity contribution in [1.29, 1.82) is 5.26 Å². The number of nitriles is 1. The average molecular weight is 475 g/mol. The predicted octanol–water partition coefficient (Wildman–Crippen LogP) is 4.73. The van der Waals surface area contributed by atoms with Gasteiger partial charge in [0, 0.05) is 22.7 Å². The lowest BCUT2D eigenvalue weighted by molar-refractivity contribution is -0.117. The van der Waals surface area contributed by atoms with E-state index in [1.807, 2.05) is 36.4 Å². The maximum absolute atomic E-state index is 12.8. The molecule has 162 valence electrons. The first-order chi connectivity index (χ1) is 16.0. The van der Waals surface area contributed by atoms with Gasteiger partial charge < -0.3 is 10.6 Å². The Morgan fingerprint density at radius 2 is 1.64 bits per heavy atom. The third kappa shape index (κ3) is 4.80. The van der Waals surface area contributed by atoms with Crippen LogP contribution in [0.4, 0.5) is 0 Å². The predicted molar refractivity (Wildman–Crippen MR) is 128 cm³/mol. The fraction of sp³-hybridized carbons (Fsp3) is 0.0400. The van der Waals surface area contributed by atoms with Crippen LogP contribution in [0, 0.1) is 11.3 Å². The van der Waals surface area contributed by atoms with Gasteiger partial charge in [0.25, 0.3) is 11.8 Å². The van der Waals surface area contributed by atoms with Crippen LogP contribution in [-0.4, -0.2) is 17.6 Å². The van der Waals surface area contributed by atoms with Crippen LogP contribution in [0.5, 0.6) is 0 Å². The van der Waals surface area contributed by atoms with Crippen LogP contribution in [0.25, 0.3) is 5.70 Å². The molecule has 0 saturated heterocycles. The molecule has 0 spiro atoms. The highest BCUT2D eigenvalue weighted by Gasteiger charge is 2.27. The number of nitrogens with zero attached hydrogens (tertiary/aromatic N) is 2. The first kappa shape index (κ1) is 22.3. The summed E-state index contributed by atoms with van der Waals surface area (Å²) in [7, 11) is 0. The summed E-state index contributed by atoms with van der Waals surface area (Å²) < 4.78 is 0. The van der Waals surface area contributed by atoms with Crippen molar-refractivity contribution >= 4 is 46.5 Å². The number of hydrogen-bond acceptors (Lipinski definition) is 4. The quantitative estimate of drug-likeness (QED) is 0.422. The van der Waals surface area contributed by atoms with Crippen LogP contribution < -0.4 is 10.6 Å². The number of aliphatic imine (C=N–C) groups is 1. The van der Waals surface area contributed by atoms with Crippen molar-refractivity contribution < 1.29 is 9.59 Å². The number of amidine groups is 1. The molecule has 0 atom stereocenters. The molecule has 2 N–H and O–H groups in total. The Kier molecular flexibility index (Phi) is 6.55. The lowest BCUT2D eigenvalue weighted by Gasteiger charge is -2.07. The number of hydrogen-bond donors (Lipinski definition) is 2. The average Bonchev–Trinajstić information content (AvgIpc) is 3.17. The highest BCUT2D eigenvalue weighted by molar-refractivity contribution is 6.37. The molecule has 0 bridgehead atoms. The van der Waals surface area contributed by atoms with Crippen LogP contribution in [0.3, 0.4) is 0 Å². The molecule has 0 radical (unpaired) electrons. The molecular formula is C25H16Cl2N4O2. The number of halogens is 2. The molecule has 8 heteroatoms. The van der Waals surface area contributed by atoms with Gasteiger partial charge in [-0.2, -0.15) is 5.26 Å². The van der Waals surface area contributed by atoms with Gasteiger partial charge in [0.1, 0.15) is 17.5 Å². The Morgan fingerprint density at radius 3 is 2.33 bits per heavy atom. The summed E-state index contributed by atoms with van der Waals surface area (Å²) in [5.41, 5.74) is 2.33. The number of fused-ring (bicyclic) bond motifs is 1. The molecule has 33 heavy (non-hydrogen) atoms. The normalized spacial score (nSPS) is 13.4. The standard InChI is InChI=1S/C25H16Cl2N4O2/c26-16-10-11-19(21(27)12-16)25(33)31-23-18-9-5-4-8-17(18)22(30-23)20(13-28)24(32)29-14-15-6-2-1-3-7-15/h1-12H,14H2,(H,29,32)(H,30,31,33). The fourth-order valence-corrected chi connectivity index (χ4v) is 3.83. The van der Waals surface area contributed by atoms with Crippen LogP contribution in [0.2, 0.25) is 10.0 Å². The Bertz CT molecular complexity index is 1360. The molecule has 4 rings (SSSR count). The summed E-state index contributed by atoms with van der Waals surface area (Å²) in [6.45, 7) is 0.266. The van der Waals surface area contributed by atoms with Crippen molar-refractivity contribution in [3.8, 4) is 6.07 Å². The summed E-state index contributed by atoms with van der Waals surface area (Å²) in [5.74, 6) is -0.818. The molecule has 0 unspecified atom stereocenters.